The number of rotatable bonds is 5. The molecule has 0 saturated heterocycles. The Labute approximate surface area is 83.9 Å². The van der Waals surface area contributed by atoms with Gasteiger partial charge in [0, 0.05) is 31.6 Å². The first-order valence-corrected chi connectivity index (χ1v) is 5.73. The van der Waals surface area contributed by atoms with Crippen LogP contribution in [0.1, 0.15) is 12.6 Å². The summed E-state index contributed by atoms with van der Waals surface area (Å²) in [4.78, 5) is 0. The maximum Gasteiger partial charge on any atom is 0.0518 e. The molecule has 3 nitrogen and oxygen atoms in total. The zero-order chi connectivity index (χ0) is 9.68. The molecule has 0 fully saturated rings. The molecule has 0 aromatic carbocycles. The quantitative estimate of drug-likeness (QED) is 0.774. The van der Waals surface area contributed by atoms with Crippen LogP contribution < -0.4 is 5.32 Å². The Kier molecular flexibility index (Phi) is 4.32. The van der Waals surface area contributed by atoms with Crippen molar-refractivity contribution in [3.05, 3.63) is 18.0 Å². The Morgan fingerprint density at radius 2 is 2.46 bits per heavy atom. The second-order valence-corrected chi connectivity index (χ2v) is 4.40. The highest BCUT2D eigenvalue weighted by atomic mass is 32.2. The van der Waals surface area contributed by atoms with Gasteiger partial charge in [0.1, 0.15) is 0 Å². The zero-order valence-electron chi connectivity index (χ0n) is 8.45. The van der Waals surface area contributed by atoms with Crippen molar-refractivity contribution in [2.75, 3.05) is 12.8 Å². The van der Waals surface area contributed by atoms with Crippen molar-refractivity contribution in [2.45, 2.75) is 18.7 Å². The topological polar surface area (TPSA) is 29.9 Å². The molecule has 0 spiro atoms. The highest BCUT2D eigenvalue weighted by Gasteiger charge is 2.00. The van der Waals surface area contributed by atoms with E-state index >= 15 is 0 Å². The molecule has 0 amide bonds. The Bertz CT molecular complexity index is 247. The lowest BCUT2D eigenvalue weighted by Gasteiger charge is -2.09. The van der Waals surface area contributed by atoms with Gasteiger partial charge in [0.25, 0.3) is 0 Å². The summed E-state index contributed by atoms with van der Waals surface area (Å²) in [5, 5.41) is 8.18. The number of thioether (sulfide) groups is 1. The minimum atomic E-state index is 0.674. The van der Waals surface area contributed by atoms with Crippen molar-refractivity contribution in [1.29, 1.82) is 0 Å². The van der Waals surface area contributed by atoms with Gasteiger partial charge in [-0.2, -0.15) is 16.9 Å². The smallest absolute Gasteiger partial charge is 0.0518 e. The summed E-state index contributed by atoms with van der Waals surface area (Å²) in [6.45, 7) is 4.18. The third-order valence-electron chi connectivity index (χ3n) is 2.06. The van der Waals surface area contributed by atoms with Crippen LogP contribution in [-0.4, -0.2) is 27.8 Å². The Morgan fingerprint density at radius 1 is 1.69 bits per heavy atom. The average Bonchev–Trinajstić information content (AvgIpc) is 2.52. The standard InChI is InChI=1S/C9H17N3S/c1-8(13-3)6-10-7-9-4-5-11-12(9)2/h4-5,8,10H,6-7H2,1-3H3. The molecule has 1 unspecified atom stereocenters. The van der Waals surface area contributed by atoms with Crippen molar-refractivity contribution < 1.29 is 0 Å². The maximum atomic E-state index is 4.11. The second kappa shape index (κ2) is 5.29. The average molecular weight is 199 g/mol. The second-order valence-electron chi connectivity index (χ2n) is 3.12. The van der Waals surface area contributed by atoms with Crippen LogP contribution in [0.3, 0.4) is 0 Å². The lowest BCUT2D eigenvalue weighted by molar-refractivity contribution is 0.625. The Hall–Kier alpha value is -0.480. The third kappa shape index (κ3) is 3.40. The van der Waals surface area contributed by atoms with Gasteiger partial charge in [0.05, 0.1) is 5.69 Å². The molecule has 74 valence electrons. The normalized spacial score (nSPS) is 13.2. The van der Waals surface area contributed by atoms with Crippen LogP contribution in [0.15, 0.2) is 12.3 Å². The molecular weight excluding hydrogens is 182 g/mol. The molecule has 0 radical (unpaired) electrons. The van der Waals surface area contributed by atoms with E-state index in [-0.39, 0.29) is 0 Å². The lowest BCUT2D eigenvalue weighted by atomic mass is 10.4. The number of nitrogens with zero attached hydrogens (tertiary/aromatic N) is 2. The lowest BCUT2D eigenvalue weighted by Crippen LogP contribution is -2.23. The first-order valence-electron chi connectivity index (χ1n) is 4.44. The number of hydrogen-bond acceptors (Lipinski definition) is 3. The zero-order valence-corrected chi connectivity index (χ0v) is 9.27. The predicted molar refractivity (Wildman–Crippen MR) is 57.9 cm³/mol. The summed E-state index contributed by atoms with van der Waals surface area (Å²) in [5.74, 6) is 0. The van der Waals surface area contributed by atoms with Crippen LogP contribution in [0.4, 0.5) is 0 Å². The molecule has 1 aromatic rings. The van der Waals surface area contributed by atoms with Crippen molar-refractivity contribution in [3.63, 3.8) is 0 Å². The van der Waals surface area contributed by atoms with Gasteiger partial charge in [-0.25, -0.2) is 0 Å². The van der Waals surface area contributed by atoms with E-state index in [1.165, 1.54) is 5.69 Å². The summed E-state index contributed by atoms with van der Waals surface area (Å²) in [7, 11) is 1.97. The number of aryl methyl sites for hydroxylation is 1. The van der Waals surface area contributed by atoms with Gasteiger partial charge in [-0.1, -0.05) is 6.92 Å². The monoisotopic (exact) mass is 199 g/mol. The molecule has 4 heteroatoms. The predicted octanol–water partition coefficient (Wildman–Crippen LogP) is 1.26. The third-order valence-corrected chi connectivity index (χ3v) is 3.03. The molecule has 0 aliphatic rings. The van der Waals surface area contributed by atoms with Gasteiger partial charge < -0.3 is 5.32 Å². The summed E-state index contributed by atoms with van der Waals surface area (Å²) in [5.41, 5.74) is 1.23. The van der Waals surface area contributed by atoms with Crippen LogP contribution in [0, 0.1) is 0 Å². The van der Waals surface area contributed by atoms with Gasteiger partial charge in [0.15, 0.2) is 0 Å². The molecule has 0 aliphatic carbocycles. The molecule has 1 aromatic heterocycles. The molecule has 1 N–H and O–H groups in total. The first kappa shape index (κ1) is 10.6. The van der Waals surface area contributed by atoms with E-state index in [1.807, 2.05) is 35.8 Å². The van der Waals surface area contributed by atoms with Gasteiger partial charge in [-0.05, 0) is 12.3 Å². The van der Waals surface area contributed by atoms with E-state index in [1.54, 1.807) is 0 Å². The highest BCUT2D eigenvalue weighted by Crippen LogP contribution is 2.03. The molecule has 1 heterocycles. The molecule has 13 heavy (non-hydrogen) atoms. The van der Waals surface area contributed by atoms with E-state index in [0.29, 0.717) is 5.25 Å². The Morgan fingerprint density at radius 3 is 3.00 bits per heavy atom. The van der Waals surface area contributed by atoms with Crippen LogP contribution in [0.2, 0.25) is 0 Å². The van der Waals surface area contributed by atoms with Crippen LogP contribution in [0.5, 0.6) is 0 Å². The van der Waals surface area contributed by atoms with Gasteiger partial charge in [0.2, 0.25) is 0 Å². The van der Waals surface area contributed by atoms with Crippen LogP contribution in [0.25, 0.3) is 0 Å². The fourth-order valence-electron chi connectivity index (χ4n) is 1.06. The largest absolute Gasteiger partial charge is 0.310 e. The van der Waals surface area contributed by atoms with Gasteiger partial charge in [-0.3, -0.25) is 4.68 Å². The molecule has 1 atom stereocenters. The minimum Gasteiger partial charge on any atom is -0.310 e. The summed E-state index contributed by atoms with van der Waals surface area (Å²) in [6.07, 6.45) is 3.96. The summed E-state index contributed by atoms with van der Waals surface area (Å²) in [6, 6.07) is 2.04. The van der Waals surface area contributed by atoms with Crippen molar-refractivity contribution in [1.82, 2.24) is 15.1 Å². The summed E-state index contributed by atoms with van der Waals surface area (Å²) >= 11 is 1.88. The number of aromatic nitrogens is 2. The number of nitrogens with one attached hydrogen (secondary N) is 1. The van der Waals surface area contributed by atoms with E-state index in [2.05, 4.69) is 23.6 Å². The van der Waals surface area contributed by atoms with Crippen molar-refractivity contribution in [3.8, 4) is 0 Å². The Balaban J connectivity index is 2.24. The van der Waals surface area contributed by atoms with E-state index < -0.39 is 0 Å². The van der Waals surface area contributed by atoms with Crippen molar-refractivity contribution >= 4 is 11.8 Å². The summed E-state index contributed by atoms with van der Waals surface area (Å²) < 4.78 is 1.90. The minimum absolute atomic E-state index is 0.674. The van der Waals surface area contributed by atoms with Gasteiger partial charge >= 0.3 is 0 Å². The fourth-order valence-corrected chi connectivity index (χ4v) is 1.35. The molecule has 0 bridgehead atoms. The maximum absolute atomic E-state index is 4.11. The number of hydrogen-bond donors (Lipinski definition) is 1. The fraction of sp³-hybridized carbons (Fsp3) is 0.667. The SMILES string of the molecule is CSC(C)CNCc1ccnn1C. The molecular formula is C9H17N3S. The molecule has 0 saturated carbocycles. The first-order chi connectivity index (χ1) is 6.24. The van der Waals surface area contributed by atoms with Crippen LogP contribution >= 0.6 is 11.8 Å². The van der Waals surface area contributed by atoms with E-state index in [4.69, 9.17) is 0 Å². The van der Waals surface area contributed by atoms with E-state index in [9.17, 15) is 0 Å². The molecule has 1 rings (SSSR count). The highest BCUT2D eigenvalue weighted by molar-refractivity contribution is 7.99. The molecule has 0 aliphatic heterocycles. The van der Waals surface area contributed by atoms with Crippen LogP contribution in [-0.2, 0) is 13.6 Å². The van der Waals surface area contributed by atoms with Gasteiger partial charge in [-0.15, -0.1) is 0 Å². The van der Waals surface area contributed by atoms with E-state index in [0.717, 1.165) is 13.1 Å². The van der Waals surface area contributed by atoms with Crippen molar-refractivity contribution in [2.24, 2.45) is 7.05 Å².